The van der Waals surface area contributed by atoms with Crippen LogP contribution in [0.1, 0.15) is 66.9 Å². The van der Waals surface area contributed by atoms with Gasteiger partial charge in [-0.05, 0) is 105 Å². The number of aryl methyl sites for hydroxylation is 1. The summed E-state index contributed by atoms with van der Waals surface area (Å²) in [6.07, 6.45) is 8.93. The number of halogens is 1. The Morgan fingerprint density at radius 3 is 2.75 bits per heavy atom. The number of sulfonamides is 1. The van der Waals surface area contributed by atoms with Gasteiger partial charge in [0.1, 0.15) is 5.75 Å². The lowest BCUT2D eigenvalue weighted by atomic mass is 9.68. The van der Waals surface area contributed by atoms with Crippen LogP contribution in [0, 0.1) is 11.8 Å². The van der Waals surface area contributed by atoms with Crippen molar-refractivity contribution in [2.24, 2.45) is 11.8 Å². The number of anilines is 1. The molecule has 1 fully saturated rings. The second kappa shape index (κ2) is 10.7. The first-order valence-corrected chi connectivity index (χ1v) is 16.3. The molecule has 0 saturated heterocycles. The number of rotatable bonds is 0. The van der Waals surface area contributed by atoms with Crippen molar-refractivity contribution in [3.05, 3.63) is 70.3 Å². The van der Waals surface area contributed by atoms with E-state index in [0.717, 1.165) is 49.4 Å². The third kappa shape index (κ3) is 5.14. The summed E-state index contributed by atoms with van der Waals surface area (Å²) in [6.45, 7) is 3.52. The lowest BCUT2D eigenvalue weighted by molar-refractivity contribution is 0.0177. The summed E-state index contributed by atoms with van der Waals surface area (Å²) in [6, 6.07) is 11.4. The number of hydrogen-bond donors (Lipinski definition) is 2. The minimum Gasteiger partial charge on any atom is -0.490 e. The number of benzene rings is 2. The molecule has 4 aliphatic rings. The van der Waals surface area contributed by atoms with Gasteiger partial charge in [0.25, 0.3) is 5.91 Å². The molecule has 2 N–H and O–H groups in total. The molecule has 0 radical (unpaired) electrons. The minimum absolute atomic E-state index is 0.172. The highest BCUT2D eigenvalue weighted by atomic mass is 35.5. The van der Waals surface area contributed by atoms with Crippen LogP contribution >= 0.6 is 11.6 Å². The monoisotopic (exact) mass is 584 g/mol. The standard InChI is InChI=1S/C31H37ClN2O5S/c1-20-5-2-3-7-28(35)25-11-8-23(25)17-34-18-31(14-4-6-21-15-24(32)10-12-26(21)31)19-39-29-13-9-22(16-27(29)34)30(36)33-40(20,37)38/h2-3,9-10,12-13,15-16,20,23,25,28,35H,4-8,11,14,17-19H2,1H3,(H,33,36)/b3-2-/t20-,23-,25+,28+,31-/m0/s1. The molecule has 40 heavy (non-hydrogen) atoms. The fourth-order valence-corrected chi connectivity index (χ4v) is 8.12. The van der Waals surface area contributed by atoms with Gasteiger partial charge in [-0.25, -0.2) is 13.1 Å². The first kappa shape index (κ1) is 27.6. The Bertz CT molecular complexity index is 1440. The third-order valence-electron chi connectivity index (χ3n) is 9.50. The van der Waals surface area contributed by atoms with E-state index in [1.807, 2.05) is 12.1 Å². The molecule has 214 valence electrons. The van der Waals surface area contributed by atoms with Crippen LogP contribution in [0.25, 0.3) is 0 Å². The van der Waals surface area contributed by atoms with Crippen molar-refractivity contribution in [1.29, 1.82) is 0 Å². The molecular weight excluding hydrogens is 548 g/mol. The second-order valence-corrected chi connectivity index (χ2v) is 14.6. The van der Waals surface area contributed by atoms with E-state index in [2.05, 4.69) is 21.8 Å². The number of aliphatic hydroxyl groups is 1. The molecule has 2 aromatic rings. The largest absolute Gasteiger partial charge is 0.490 e. The molecule has 2 aromatic carbocycles. The number of amides is 1. The smallest absolute Gasteiger partial charge is 0.264 e. The van der Waals surface area contributed by atoms with E-state index < -0.39 is 27.3 Å². The zero-order valence-electron chi connectivity index (χ0n) is 22.8. The molecule has 2 aliphatic carbocycles. The molecular formula is C31H37ClN2O5S. The Balaban J connectivity index is 1.42. The number of hydrogen-bond acceptors (Lipinski definition) is 6. The van der Waals surface area contributed by atoms with Gasteiger partial charge in [-0.3, -0.25) is 4.79 Å². The lowest BCUT2D eigenvalue weighted by Crippen LogP contribution is -2.49. The fourth-order valence-electron chi connectivity index (χ4n) is 6.98. The van der Waals surface area contributed by atoms with Crippen LogP contribution in [0.15, 0.2) is 48.6 Å². The first-order chi connectivity index (χ1) is 19.1. The van der Waals surface area contributed by atoms with Crippen molar-refractivity contribution in [3.8, 4) is 5.75 Å². The lowest BCUT2D eigenvalue weighted by Gasteiger charge is -2.45. The van der Waals surface area contributed by atoms with Gasteiger partial charge in [-0.1, -0.05) is 29.8 Å². The fraction of sp³-hybridized carbons (Fsp3) is 0.516. The van der Waals surface area contributed by atoms with Crippen molar-refractivity contribution in [1.82, 2.24) is 4.72 Å². The molecule has 2 bridgehead atoms. The van der Waals surface area contributed by atoms with Crippen LogP contribution in [-0.2, 0) is 21.9 Å². The average molecular weight is 585 g/mol. The topological polar surface area (TPSA) is 95.9 Å². The number of ether oxygens (including phenoxy) is 1. The van der Waals surface area contributed by atoms with E-state index in [-0.39, 0.29) is 23.3 Å². The number of nitrogens with zero attached hydrogens (tertiary/aromatic N) is 1. The van der Waals surface area contributed by atoms with E-state index in [1.165, 1.54) is 11.1 Å². The summed E-state index contributed by atoms with van der Waals surface area (Å²) in [4.78, 5) is 15.5. The Labute approximate surface area is 241 Å². The van der Waals surface area contributed by atoms with Crippen LogP contribution in [0.3, 0.4) is 0 Å². The van der Waals surface area contributed by atoms with Gasteiger partial charge < -0.3 is 14.7 Å². The van der Waals surface area contributed by atoms with Crippen molar-refractivity contribution < 1.29 is 23.1 Å². The highest BCUT2D eigenvalue weighted by Crippen LogP contribution is 2.46. The predicted molar refractivity (Wildman–Crippen MR) is 157 cm³/mol. The van der Waals surface area contributed by atoms with E-state index in [0.29, 0.717) is 31.2 Å². The van der Waals surface area contributed by atoms with Gasteiger partial charge in [0.2, 0.25) is 10.0 Å². The molecule has 0 aromatic heterocycles. The maximum atomic E-state index is 13.2. The Kier molecular flexibility index (Phi) is 7.38. The van der Waals surface area contributed by atoms with E-state index in [1.54, 1.807) is 31.2 Å². The van der Waals surface area contributed by atoms with Gasteiger partial charge in [0.15, 0.2) is 0 Å². The first-order valence-electron chi connectivity index (χ1n) is 14.3. The summed E-state index contributed by atoms with van der Waals surface area (Å²) in [5, 5.41) is 11.0. The second-order valence-electron chi connectivity index (χ2n) is 12.1. The summed E-state index contributed by atoms with van der Waals surface area (Å²) in [5.74, 6) is 0.529. The van der Waals surface area contributed by atoms with E-state index in [4.69, 9.17) is 16.3 Å². The molecule has 1 saturated carbocycles. The Hall–Kier alpha value is -2.55. The van der Waals surface area contributed by atoms with Crippen LogP contribution in [0.2, 0.25) is 5.02 Å². The zero-order valence-corrected chi connectivity index (χ0v) is 24.4. The van der Waals surface area contributed by atoms with Gasteiger partial charge >= 0.3 is 0 Å². The molecule has 2 heterocycles. The zero-order chi connectivity index (χ0) is 28.1. The molecule has 7 nitrogen and oxygen atoms in total. The van der Waals surface area contributed by atoms with Gasteiger partial charge in [-0.2, -0.15) is 0 Å². The number of fused-ring (bicyclic) bond motifs is 4. The maximum Gasteiger partial charge on any atom is 0.264 e. The number of carbonyl (C=O) groups excluding carboxylic acids is 1. The number of nitrogens with one attached hydrogen (secondary N) is 1. The van der Waals surface area contributed by atoms with Crippen LogP contribution < -0.4 is 14.4 Å². The van der Waals surface area contributed by atoms with Gasteiger partial charge in [0, 0.05) is 29.1 Å². The quantitative estimate of drug-likeness (QED) is 0.423. The summed E-state index contributed by atoms with van der Waals surface area (Å²) in [7, 11) is -3.88. The average Bonchev–Trinajstić information content (AvgIpc) is 3.05. The van der Waals surface area contributed by atoms with Crippen LogP contribution in [0.4, 0.5) is 5.69 Å². The molecule has 1 spiro atoms. The summed E-state index contributed by atoms with van der Waals surface area (Å²) in [5.41, 5.74) is 3.34. The van der Waals surface area contributed by atoms with E-state index in [9.17, 15) is 18.3 Å². The van der Waals surface area contributed by atoms with Crippen molar-refractivity contribution in [2.45, 2.75) is 68.6 Å². The predicted octanol–water partition coefficient (Wildman–Crippen LogP) is 5.00. The normalized spacial score (nSPS) is 32.5. The van der Waals surface area contributed by atoms with Crippen molar-refractivity contribution in [3.63, 3.8) is 0 Å². The van der Waals surface area contributed by atoms with Gasteiger partial charge in [0.05, 0.1) is 23.6 Å². The minimum atomic E-state index is -3.88. The number of carbonyl (C=O) groups is 1. The SMILES string of the molecule is C[C@H]1C/C=C\C[C@@H](O)[C@@H]2CC[C@H]2CN2C[C@@]3(CCCc4cc(Cl)ccc43)COc3ccc(cc32)C(=O)NS1(=O)=O. The Morgan fingerprint density at radius 2 is 1.95 bits per heavy atom. The highest BCUT2D eigenvalue weighted by Gasteiger charge is 2.44. The summed E-state index contributed by atoms with van der Waals surface area (Å²) >= 11 is 6.37. The highest BCUT2D eigenvalue weighted by molar-refractivity contribution is 7.90. The number of aliphatic hydroxyl groups excluding tert-OH is 1. The van der Waals surface area contributed by atoms with Crippen molar-refractivity contribution >= 4 is 33.2 Å². The maximum absolute atomic E-state index is 13.2. The molecule has 2 aliphatic heterocycles. The number of allylic oxidation sites excluding steroid dienone is 1. The molecule has 6 rings (SSSR count). The molecule has 0 unspecified atom stereocenters. The molecule has 5 atom stereocenters. The van der Waals surface area contributed by atoms with Crippen molar-refractivity contribution in [2.75, 3.05) is 24.6 Å². The molecule has 1 amide bonds. The third-order valence-corrected chi connectivity index (χ3v) is 11.5. The van der Waals surface area contributed by atoms with Gasteiger partial charge in [-0.15, -0.1) is 0 Å². The van der Waals surface area contributed by atoms with Crippen LogP contribution in [0.5, 0.6) is 5.75 Å². The summed E-state index contributed by atoms with van der Waals surface area (Å²) < 4.78 is 34.6. The van der Waals surface area contributed by atoms with Crippen LogP contribution in [-0.4, -0.2) is 50.5 Å². The Morgan fingerprint density at radius 1 is 1.12 bits per heavy atom. The van der Waals surface area contributed by atoms with E-state index >= 15 is 0 Å². The molecule has 9 heteroatoms.